The second kappa shape index (κ2) is 14.3. The predicted octanol–water partition coefficient (Wildman–Crippen LogP) is 6.85. The van der Waals surface area contributed by atoms with Gasteiger partial charge < -0.3 is 23.7 Å². The standard InChI is InChI=1S/C29H30Cl3NO5/c30-29(31,32)28(33)38-27-26(36-19-23-14-8-3-9-15-23)25(35-18-22-12-6-2-7-13-22)16-24(37-27)20-34-17-21-10-4-1-5-11-21/h1-15,24-27,33H,16-20H2/t24-,25-,26+,27?/m0/s1. The van der Waals surface area contributed by atoms with E-state index in [4.69, 9.17) is 63.9 Å². The molecule has 4 atom stereocenters. The topological polar surface area (TPSA) is 70.0 Å². The third-order valence-corrected chi connectivity index (χ3v) is 6.47. The van der Waals surface area contributed by atoms with Crippen LogP contribution in [0.2, 0.25) is 0 Å². The van der Waals surface area contributed by atoms with Gasteiger partial charge in [-0.05, 0) is 16.7 Å². The molecule has 0 bridgehead atoms. The van der Waals surface area contributed by atoms with E-state index in [0.29, 0.717) is 19.6 Å². The Bertz CT molecular complexity index is 1120. The maximum atomic E-state index is 8.16. The highest BCUT2D eigenvalue weighted by atomic mass is 35.6. The molecule has 1 unspecified atom stereocenters. The molecule has 1 saturated heterocycles. The van der Waals surface area contributed by atoms with Crippen LogP contribution in [0.1, 0.15) is 23.1 Å². The van der Waals surface area contributed by atoms with Crippen molar-refractivity contribution in [2.45, 2.75) is 54.6 Å². The number of hydrogen-bond donors (Lipinski definition) is 1. The van der Waals surface area contributed by atoms with E-state index in [9.17, 15) is 0 Å². The largest absolute Gasteiger partial charge is 0.445 e. The number of alkyl halides is 3. The van der Waals surface area contributed by atoms with E-state index in [2.05, 4.69) is 0 Å². The normalized spacial score (nSPS) is 21.7. The van der Waals surface area contributed by atoms with Gasteiger partial charge in [0.05, 0.1) is 38.6 Å². The van der Waals surface area contributed by atoms with Crippen molar-refractivity contribution in [1.29, 1.82) is 5.41 Å². The molecule has 0 saturated carbocycles. The van der Waals surface area contributed by atoms with Crippen molar-refractivity contribution in [3.05, 3.63) is 108 Å². The Kier molecular flexibility index (Phi) is 10.8. The van der Waals surface area contributed by atoms with E-state index in [0.717, 1.165) is 16.7 Å². The number of benzene rings is 3. The molecule has 0 aromatic heterocycles. The quantitative estimate of drug-likeness (QED) is 0.153. The number of halogens is 3. The van der Waals surface area contributed by atoms with Crippen molar-refractivity contribution in [3.8, 4) is 0 Å². The fourth-order valence-electron chi connectivity index (χ4n) is 4.05. The van der Waals surface area contributed by atoms with Gasteiger partial charge in [-0.25, -0.2) is 0 Å². The van der Waals surface area contributed by atoms with Crippen molar-refractivity contribution in [3.63, 3.8) is 0 Å². The Balaban J connectivity index is 1.50. The molecule has 0 amide bonds. The lowest BCUT2D eigenvalue weighted by Crippen LogP contribution is -2.54. The molecule has 0 aliphatic carbocycles. The van der Waals surface area contributed by atoms with Crippen molar-refractivity contribution < 1.29 is 23.7 Å². The van der Waals surface area contributed by atoms with E-state index in [1.165, 1.54) is 0 Å². The van der Waals surface area contributed by atoms with Crippen LogP contribution in [0, 0.1) is 5.41 Å². The Morgan fingerprint density at radius 2 is 1.26 bits per heavy atom. The lowest BCUT2D eigenvalue weighted by Gasteiger charge is -2.41. The molecule has 3 aromatic rings. The van der Waals surface area contributed by atoms with Gasteiger partial charge in [0.25, 0.3) is 3.79 Å². The summed E-state index contributed by atoms with van der Waals surface area (Å²) >= 11 is 17.8. The smallest absolute Gasteiger partial charge is 0.265 e. The average Bonchev–Trinajstić information content (AvgIpc) is 2.92. The van der Waals surface area contributed by atoms with Gasteiger partial charge in [0.2, 0.25) is 12.2 Å². The zero-order valence-corrected chi connectivity index (χ0v) is 22.9. The zero-order chi connectivity index (χ0) is 26.8. The first-order valence-electron chi connectivity index (χ1n) is 12.3. The second-order valence-electron chi connectivity index (χ2n) is 8.90. The Hall–Kier alpha value is -2.16. The molecule has 1 aliphatic rings. The van der Waals surface area contributed by atoms with E-state index in [1.807, 2.05) is 91.0 Å². The van der Waals surface area contributed by atoms with E-state index >= 15 is 0 Å². The van der Waals surface area contributed by atoms with Crippen LogP contribution in [-0.4, -0.2) is 40.9 Å². The van der Waals surface area contributed by atoms with E-state index in [-0.39, 0.29) is 13.2 Å². The molecule has 4 rings (SSSR count). The Labute approximate surface area is 238 Å². The molecule has 9 heteroatoms. The number of ether oxygens (including phenoxy) is 5. The minimum atomic E-state index is -2.05. The summed E-state index contributed by atoms with van der Waals surface area (Å²) in [6.45, 7) is 1.37. The summed E-state index contributed by atoms with van der Waals surface area (Å²) in [7, 11) is 0. The van der Waals surface area contributed by atoms with Gasteiger partial charge in [-0.2, -0.15) is 0 Å². The Morgan fingerprint density at radius 3 is 1.79 bits per heavy atom. The highest BCUT2D eigenvalue weighted by Gasteiger charge is 2.44. The summed E-state index contributed by atoms with van der Waals surface area (Å²) in [6.07, 6.45) is -2.10. The fraction of sp³-hybridized carbons (Fsp3) is 0.345. The maximum absolute atomic E-state index is 8.16. The molecular formula is C29H30Cl3NO5. The minimum absolute atomic E-state index is 0.284. The van der Waals surface area contributed by atoms with Gasteiger partial charge in [0, 0.05) is 6.42 Å². The van der Waals surface area contributed by atoms with Gasteiger partial charge in [-0.3, -0.25) is 5.41 Å². The molecule has 1 N–H and O–H groups in total. The molecule has 38 heavy (non-hydrogen) atoms. The molecule has 0 radical (unpaired) electrons. The number of rotatable bonds is 11. The van der Waals surface area contributed by atoms with Crippen molar-refractivity contribution >= 4 is 40.7 Å². The lowest BCUT2D eigenvalue weighted by molar-refractivity contribution is -0.272. The third-order valence-electron chi connectivity index (χ3n) is 5.96. The van der Waals surface area contributed by atoms with Crippen LogP contribution in [-0.2, 0) is 43.5 Å². The maximum Gasteiger partial charge on any atom is 0.265 e. The van der Waals surface area contributed by atoms with Crippen LogP contribution in [0.4, 0.5) is 0 Å². The van der Waals surface area contributed by atoms with Crippen LogP contribution in [0.15, 0.2) is 91.0 Å². The van der Waals surface area contributed by atoms with Crippen molar-refractivity contribution in [2.24, 2.45) is 0 Å². The highest BCUT2D eigenvalue weighted by Crippen LogP contribution is 2.33. The van der Waals surface area contributed by atoms with Gasteiger partial charge in [-0.15, -0.1) is 0 Å². The van der Waals surface area contributed by atoms with Crippen molar-refractivity contribution in [1.82, 2.24) is 0 Å². The predicted molar refractivity (Wildman–Crippen MR) is 149 cm³/mol. The van der Waals surface area contributed by atoms with Crippen molar-refractivity contribution in [2.75, 3.05) is 6.61 Å². The summed E-state index contributed by atoms with van der Waals surface area (Å²) < 4.78 is 28.5. The molecule has 1 fully saturated rings. The molecule has 3 aromatic carbocycles. The summed E-state index contributed by atoms with van der Waals surface area (Å²) in [4.78, 5) is 0. The molecule has 1 heterocycles. The number of hydrogen-bond acceptors (Lipinski definition) is 6. The second-order valence-corrected chi connectivity index (χ2v) is 11.2. The van der Waals surface area contributed by atoms with Gasteiger partial charge in [-0.1, -0.05) is 126 Å². The van der Waals surface area contributed by atoms with Crippen LogP contribution in [0.3, 0.4) is 0 Å². The van der Waals surface area contributed by atoms with Crippen LogP contribution < -0.4 is 0 Å². The number of nitrogens with one attached hydrogen (secondary N) is 1. The molecular weight excluding hydrogens is 549 g/mol. The van der Waals surface area contributed by atoms with E-state index < -0.39 is 34.3 Å². The molecule has 0 spiro atoms. The third kappa shape index (κ3) is 8.95. The summed E-state index contributed by atoms with van der Waals surface area (Å²) in [6, 6.07) is 29.5. The Morgan fingerprint density at radius 1 is 0.763 bits per heavy atom. The molecule has 6 nitrogen and oxygen atoms in total. The van der Waals surface area contributed by atoms with E-state index in [1.54, 1.807) is 0 Å². The van der Waals surface area contributed by atoms with Crippen LogP contribution in [0.5, 0.6) is 0 Å². The lowest BCUT2D eigenvalue weighted by atomic mass is 10.0. The SMILES string of the molecule is N=C(OC1O[C@H](COCc2ccccc2)C[C@H](OCc2ccccc2)[C@H]1OCc1ccccc1)C(Cl)(Cl)Cl. The first-order valence-corrected chi connectivity index (χ1v) is 13.4. The van der Waals surface area contributed by atoms with Crippen LogP contribution >= 0.6 is 34.8 Å². The zero-order valence-electron chi connectivity index (χ0n) is 20.7. The van der Waals surface area contributed by atoms with Gasteiger partial charge in [0.1, 0.15) is 6.10 Å². The first-order chi connectivity index (χ1) is 18.4. The van der Waals surface area contributed by atoms with Crippen LogP contribution in [0.25, 0.3) is 0 Å². The molecule has 1 aliphatic heterocycles. The summed E-state index contributed by atoms with van der Waals surface area (Å²) in [5.41, 5.74) is 3.04. The molecule has 202 valence electrons. The van der Waals surface area contributed by atoms with Gasteiger partial charge in [0.15, 0.2) is 0 Å². The highest BCUT2D eigenvalue weighted by molar-refractivity contribution is 6.76. The summed E-state index contributed by atoms with van der Waals surface area (Å²) in [5.74, 6) is -0.562. The van der Waals surface area contributed by atoms with Gasteiger partial charge >= 0.3 is 0 Å². The minimum Gasteiger partial charge on any atom is -0.445 e. The first kappa shape index (κ1) is 28.8. The fourth-order valence-corrected chi connectivity index (χ4v) is 4.19. The average molecular weight is 579 g/mol. The monoisotopic (exact) mass is 577 g/mol. The summed E-state index contributed by atoms with van der Waals surface area (Å²) in [5, 5.41) is 8.16.